The lowest BCUT2D eigenvalue weighted by atomic mass is 9.49. The molecule has 0 atom stereocenters. The molecule has 108 valence electrons. The fourth-order valence-corrected chi connectivity index (χ4v) is 5.60. The van der Waals surface area contributed by atoms with Crippen molar-refractivity contribution in [1.29, 1.82) is 0 Å². The molecular formula is C18H26N2. The van der Waals surface area contributed by atoms with Gasteiger partial charge in [0.1, 0.15) is 0 Å². The highest BCUT2D eigenvalue weighted by Gasteiger charge is 2.50. The minimum atomic E-state index is 0.605. The molecule has 0 aromatic heterocycles. The summed E-state index contributed by atoms with van der Waals surface area (Å²) in [5.41, 5.74) is 8.81. The van der Waals surface area contributed by atoms with Crippen LogP contribution in [0.1, 0.15) is 44.1 Å². The molecule has 3 N–H and O–H groups in total. The van der Waals surface area contributed by atoms with Crippen LogP contribution in [0, 0.1) is 23.2 Å². The van der Waals surface area contributed by atoms with Gasteiger partial charge >= 0.3 is 0 Å². The van der Waals surface area contributed by atoms with Crippen molar-refractivity contribution in [2.45, 2.75) is 45.1 Å². The van der Waals surface area contributed by atoms with Gasteiger partial charge in [-0.05, 0) is 79.4 Å². The van der Waals surface area contributed by atoms with E-state index in [9.17, 15) is 0 Å². The van der Waals surface area contributed by atoms with Gasteiger partial charge in [-0.25, -0.2) is 0 Å². The van der Waals surface area contributed by atoms with E-state index in [1.165, 1.54) is 56.3 Å². The highest BCUT2D eigenvalue weighted by atomic mass is 14.9. The van der Waals surface area contributed by atoms with E-state index in [2.05, 4.69) is 29.6 Å². The topological polar surface area (TPSA) is 38.0 Å². The fraction of sp³-hybridized carbons (Fsp3) is 0.667. The van der Waals surface area contributed by atoms with Gasteiger partial charge < -0.3 is 11.1 Å². The first-order valence-electron chi connectivity index (χ1n) is 8.28. The molecule has 0 unspecified atom stereocenters. The van der Waals surface area contributed by atoms with Gasteiger partial charge in [0, 0.05) is 18.8 Å². The Morgan fingerprint density at radius 3 is 2.30 bits per heavy atom. The van der Waals surface area contributed by atoms with Crippen LogP contribution in [0.15, 0.2) is 24.3 Å². The number of hydrogen-bond acceptors (Lipinski definition) is 2. The Labute approximate surface area is 122 Å². The smallest absolute Gasteiger partial charge is 0.0343 e. The van der Waals surface area contributed by atoms with E-state index in [1.807, 2.05) is 0 Å². The second kappa shape index (κ2) is 4.77. The molecule has 20 heavy (non-hydrogen) atoms. The van der Waals surface area contributed by atoms with Crippen molar-refractivity contribution in [2.75, 3.05) is 11.9 Å². The average molecular weight is 270 g/mol. The van der Waals surface area contributed by atoms with E-state index in [0.29, 0.717) is 12.0 Å². The third kappa shape index (κ3) is 2.24. The summed E-state index contributed by atoms with van der Waals surface area (Å²) < 4.78 is 0. The van der Waals surface area contributed by atoms with Gasteiger partial charge in [0.05, 0.1) is 0 Å². The lowest BCUT2D eigenvalue weighted by Crippen LogP contribution is -2.49. The third-order valence-corrected chi connectivity index (χ3v) is 6.00. The number of nitrogens with one attached hydrogen (secondary N) is 1. The molecule has 4 aliphatic carbocycles. The van der Waals surface area contributed by atoms with E-state index >= 15 is 0 Å². The van der Waals surface area contributed by atoms with Crippen molar-refractivity contribution in [3.05, 3.63) is 29.8 Å². The summed E-state index contributed by atoms with van der Waals surface area (Å²) in [6, 6.07) is 8.61. The molecular weight excluding hydrogens is 244 g/mol. The first-order valence-corrected chi connectivity index (χ1v) is 8.28. The minimum absolute atomic E-state index is 0.605. The number of hydrogen-bond donors (Lipinski definition) is 2. The molecule has 4 fully saturated rings. The fourth-order valence-electron chi connectivity index (χ4n) is 5.60. The Balaban J connectivity index is 1.46. The van der Waals surface area contributed by atoms with Crippen LogP contribution in [-0.4, -0.2) is 6.54 Å². The summed E-state index contributed by atoms with van der Waals surface area (Å²) in [4.78, 5) is 0. The monoisotopic (exact) mass is 270 g/mol. The van der Waals surface area contributed by atoms with E-state index in [1.54, 1.807) is 0 Å². The molecule has 2 heteroatoms. The largest absolute Gasteiger partial charge is 0.384 e. The maximum absolute atomic E-state index is 5.73. The predicted molar refractivity (Wildman–Crippen MR) is 83.4 cm³/mol. The van der Waals surface area contributed by atoms with Gasteiger partial charge in [-0.1, -0.05) is 12.1 Å². The standard InChI is InChI=1S/C18H26N2/c19-11-13-2-1-3-17(7-13)20-12-18-8-14-4-15(9-18)6-16(5-14)10-18/h1-3,7,14-16,20H,4-6,8-12,19H2. The molecule has 1 aromatic rings. The number of benzene rings is 1. The maximum Gasteiger partial charge on any atom is 0.0343 e. The highest BCUT2D eigenvalue weighted by Crippen LogP contribution is 2.59. The first kappa shape index (κ1) is 12.7. The molecule has 0 heterocycles. The van der Waals surface area contributed by atoms with Gasteiger partial charge in [0.15, 0.2) is 0 Å². The first-order chi connectivity index (χ1) is 9.75. The van der Waals surface area contributed by atoms with E-state index < -0.39 is 0 Å². The second-order valence-electron chi connectivity index (χ2n) is 7.68. The van der Waals surface area contributed by atoms with Crippen molar-refractivity contribution >= 4 is 5.69 Å². The number of nitrogens with two attached hydrogens (primary N) is 1. The molecule has 0 aliphatic heterocycles. The van der Waals surface area contributed by atoms with Crippen LogP contribution >= 0.6 is 0 Å². The molecule has 4 bridgehead atoms. The molecule has 5 rings (SSSR count). The second-order valence-corrected chi connectivity index (χ2v) is 7.68. The molecule has 0 amide bonds. The van der Waals surface area contributed by atoms with Gasteiger partial charge in [-0.15, -0.1) is 0 Å². The van der Waals surface area contributed by atoms with Crippen LogP contribution in [0.5, 0.6) is 0 Å². The van der Waals surface area contributed by atoms with Gasteiger partial charge in [0.25, 0.3) is 0 Å². The minimum Gasteiger partial charge on any atom is -0.384 e. The van der Waals surface area contributed by atoms with Crippen LogP contribution in [0.4, 0.5) is 5.69 Å². The maximum atomic E-state index is 5.73. The van der Waals surface area contributed by atoms with Gasteiger partial charge in [-0.3, -0.25) is 0 Å². The number of anilines is 1. The zero-order chi connectivity index (χ0) is 13.6. The van der Waals surface area contributed by atoms with Crippen molar-refractivity contribution < 1.29 is 0 Å². The van der Waals surface area contributed by atoms with Crippen LogP contribution in [0.2, 0.25) is 0 Å². The summed E-state index contributed by atoms with van der Waals surface area (Å²) >= 11 is 0. The molecule has 4 saturated carbocycles. The molecule has 4 aliphatic rings. The Hall–Kier alpha value is -1.02. The van der Waals surface area contributed by atoms with E-state index in [-0.39, 0.29) is 0 Å². The van der Waals surface area contributed by atoms with Crippen LogP contribution in [0.25, 0.3) is 0 Å². The summed E-state index contributed by atoms with van der Waals surface area (Å²) in [6.45, 7) is 1.80. The Morgan fingerprint density at radius 1 is 1.05 bits per heavy atom. The molecule has 0 radical (unpaired) electrons. The van der Waals surface area contributed by atoms with E-state index in [4.69, 9.17) is 5.73 Å². The van der Waals surface area contributed by atoms with E-state index in [0.717, 1.165) is 17.8 Å². The van der Waals surface area contributed by atoms with Gasteiger partial charge in [0.2, 0.25) is 0 Å². The van der Waals surface area contributed by atoms with Crippen LogP contribution in [0.3, 0.4) is 0 Å². The SMILES string of the molecule is NCc1cccc(NCC23CC4CC(CC(C4)C2)C3)c1. The normalized spacial score (nSPS) is 38.1. The lowest BCUT2D eigenvalue weighted by Gasteiger charge is -2.57. The number of rotatable bonds is 4. The summed E-state index contributed by atoms with van der Waals surface area (Å²) in [6.07, 6.45) is 9.01. The quantitative estimate of drug-likeness (QED) is 0.874. The molecule has 0 spiro atoms. The zero-order valence-corrected chi connectivity index (χ0v) is 12.3. The average Bonchev–Trinajstić information content (AvgIpc) is 2.44. The Morgan fingerprint density at radius 2 is 1.70 bits per heavy atom. The van der Waals surface area contributed by atoms with Crippen LogP contribution in [-0.2, 0) is 6.54 Å². The summed E-state index contributed by atoms with van der Waals surface area (Å²) in [7, 11) is 0. The predicted octanol–water partition coefficient (Wildman–Crippen LogP) is 3.77. The summed E-state index contributed by atoms with van der Waals surface area (Å²) in [5.74, 6) is 3.12. The molecule has 0 saturated heterocycles. The lowest BCUT2D eigenvalue weighted by molar-refractivity contribution is -0.0444. The third-order valence-electron chi connectivity index (χ3n) is 6.00. The van der Waals surface area contributed by atoms with Crippen molar-refractivity contribution in [3.63, 3.8) is 0 Å². The van der Waals surface area contributed by atoms with Gasteiger partial charge in [-0.2, -0.15) is 0 Å². The van der Waals surface area contributed by atoms with Crippen LogP contribution < -0.4 is 11.1 Å². The zero-order valence-electron chi connectivity index (χ0n) is 12.3. The van der Waals surface area contributed by atoms with Crippen molar-refractivity contribution in [1.82, 2.24) is 0 Å². The Kier molecular flexibility index (Phi) is 3.03. The van der Waals surface area contributed by atoms with Crippen molar-refractivity contribution in [2.24, 2.45) is 28.9 Å². The summed E-state index contributed by atoms with van der Waals surface area (Å²) in [5, 5.41) is 3.72. The molecule has 1 aromatic carbocycles. The molecule has 2 nitrogen and oxygen atoms in total. The Bertz CT molecular complexity index is 459. The van der Waals surface area contributed by atoms with Crippen molar-refractivity contribution in [3.8, 4) is 0 Å². The highest BCUT2D eigenvalue weighted by molar-refractivity contribution is 5.46.